The van der Waals surface area contributed by atoms with Crippen molar-refractivity contribution in [2.24, 2.45) is 0 Å². The van der Waals surface area contributed by atoms with Crippen LogP contribution in [0.4, 0.5) is 0 Å². The fraction of sp³-hybridized carbons (Fsp3) is 0.467. The summed E-state index contributed by atoms with van der Waals surface area (Å²) in [5.41, 5.74) is 1.15. The van der Waals surface area contributed by atoms with E-state index in [-0.39, 0.29) is 0 Å². The molecular formula is C15H21N3O2S. The standard InChI is InChI=1S/C15H21N3O2S/c1-3-16-15(2,13(19)20)9-6-10-21-14-17-11-7-4-5-8-12(11)18-14/h4-5,7-8,16H,3,6,9-10H2,1-2H3,(H,17,18)(H,19,20). The number of imidazole rings is 1. The van der Waals surface area contributed by atoms with Gasteiger partial charge in [0.25, 0.3) is 0 Å². The highest BCUT2D eigenvalue weighted by molar-refractivity contribution is 7.99. The number of carbonyl (C=O) groups is 1. The fourth-order valence-electron chi connectivity index (χ4n) is 2.25. The zero-order valence-corrected chi connectivity index (χ0v) is 13.2. The minimum absolute atomic E-state index is 0.601. The molecule has 1 unspecified atom stereocenters. The first-order chi connectivity index (χ1) is 10.0. The molecule has 1 aromatic carbocycles. The molecule has 0 saturated heterocycles. The first-order valence-electron chi connectivity index (χ1n) is 7.11. The van der Waals surface area contributed by atoms with Crippen molar-refractivity contribution in [1.82, 2.24) is 15.3 Å². The van der Waals surface area contributed by atoms with Gasteiger partial charge in [0, 0.05) is 5.75 Å². The molecule has 0 spiro atoms. The summed E-state index contributed by atoms with van der Waals surface area (Å²) in [6.07, 6.45) is 1.42. The van der Waals surface area contributed by atoms with E-state index in [1.807, 2.05) is 31.2 Å². The average molecular weight is 307 g/mol. The molecule has 3 N–H and O–H groups in total. The number of nitrogens with one attached hydrogen (secondary N) is 2. The van der Waals surface area contributed by atoms with Crippen LogP contribution in [0, 0.1) is 0 Å². The third-order valence-corrected chi connectivity index (χ3v) is 4.43. The van der Waals surface area contributed by atoms with Gasteiger partial charge in [0.15, 0.2) is 5.16 Å². The van der Waals surface area contributed by atoms with Crippen LogP contribution in [-0.4, -0.2) is 38.9 Å². The van der Waals surface area contributed by atoms with E-state index in [4.69, 9.17) is 0 Å². The summed E-state index contributed by atoms with van der Waals surface area (Å²) in [4.78, 5) is 19.1. The number of carboxylic acid groups (broad SMARTS) is 1. The van der Waals surface area contributed by atoms with Gasteiger partial charge in [0.2, 0.25) is 0 Å². The summed E-state index contributed by atoms with van der Waals surface area (Å²) in [6, 6.07) is 7.91. The molecule has 0 fully saturated rings. The zero-order chi connectivity index (χ0) is 15.3. The van der Waals surface area contributed by atoms with E-state index in [1.54, 1.807) is 18.7 Å². The lowest BCUT2D eigenvalue weighted by molar-refractivity contribution is -0.144. The molecule has 0 aliphatic heterocycles. The maximum absolute atomic E-state index is 11.3. The van der Waals surface area contributed by atoms with Gasteiger partial charge in [-0.05, 0) is 38.4 Å². The Morgan fingerprint density at radius 1 is 1.48 bits per heavy atom. The summed E-state index contributed by atoms with van der Waals surface area (Å²) in [6.45, 7) is 4.31. The van der Waals surface area contributed by atoms with Crippen molar-refractivity contribution < 1.29 is 9.90 Å². The molecule has 1 heterocycles. The number of rotatable bonds is 8. The van der Waals surface area contributed by atoms with E-state index in [1.165, 1.54) is 0 Å². The molecule has 0 saturated carbocycles. The second-order valence-corrected chi connectivity index (χ2v) is 6.26. The van der Waals surface area contributed by atoms with Crippen molar-refractivity contribution in [2.45, 2.75) is 37.4 Å². The maximum Gasteiger partial charge on any atom is 0.323 e. The molecule has 0 radical (unpaired) electrons. The Labute approximate surface area is 128 Å². The highest BCUT2D eigenvalue weighted by Crippen LogP contribution is 2.22. The number of aromatic nitrogens is 2. The molecule has 2 aromatic rings. The number of aliphatic carboxylic acids is 1. The lowest BCUT2D eigenvalue weighted by Gasteiger charge is -2.25. The maximum atomic E-state index is 11.3. The number of nitrogens with zero attached hydrogens (tertiary/aromatic N) is 1. The van der Waals surface area contributed by atoms with E-state index >= 15 is 0 Å². The Bertz CT molecular complexity index is 581. The number of hydrogen-bond acceptors (Lipinski definition) is 4. The van der Waals surface area contributed by atoms with Crippen LogP contribution >= 0.6 is 11.8 Å². The molecule has 2 rings (SSSR count). The summed E-state index contributed by atoms with van der Waals surface area (Å²) < 4.78 is 0. The number of thioether (sulfide) groups is 1. The predicted octanol–water partition coefficient (Wildman–Crippen LogP) is 2.89. The summed E-state index contributed by atoms with van der Waals surface area (Å²) >= 11 is 1.63. The molecule has 114 valence electrons. The first-order valence-corrected chi connectivity index (χ1v) is 8.09. The Hall–Kier alpha value is -1.53. The Balaban J connectivity index is 1.85. The van der Waals surface area contributed by atoms with Crippen LogP contribution in [0.2, 0.25) is 0 Å². The van der Waals surface area contributed by atoms with E-state index in [0.29, 0.717) is 13.0 Å². The quantitative estimate of drug-likeness (QED) is 0.516. The SMILES string of the molecule is CCNC(C)(CCCSc1nc2ccccc2[nH]1)C(=O)O. The minimum atomic E-state index is -0.844. The molecule has 0 aliphatic carbocycles. The second kappa shape index (κ2) is 6.95. The van der Waals surface area contributed by atoms with Crippen LogP contribution in [0.5, 0.6) is 0 Å². The molecule has 21 heavy (non-hydrogen) atoms. The van der Waals surface area contributed by atoms with Crippen molar-refractivity contribution in [2.75, 3.05) is 12.3 Å². The highest BCUT2D eigenvalue weighted by Gasteiger charge is 2.31. The van der Waals surface area contributed by atoms with Crippen LogP contribution in [0.15, 0.2) is 29.4 Å². The van der Waals surface area contributed by atoms with Gasteiger partial charge in [0.05, 0.1) is 11.0 Å². The molecule has 0 amide bonds. The predicted molar refractivity (Wildman–Crippen MR) is 85.8 cm³/mol. The van der Waals surface area contributed by atoms with Crippen molar-refractivity contribution in [1.29, 1.82) is 0 Å². The Morgan fingerprint density at radius 3 is 2.90 bits per heavy atom. The number of hydrogen-bond donors (Lipinski definition) is 3. The van der Waals surface area contributed by atoms with Crippen LogP contribution in [-0.2, 0) is 4.79 Å². The summed E-state index contributed by atoms with van der Waals surface area (Å²) in [5.74, 6) is 0.0479. The number of carboxylic acids is 1. The van der Waals surface area contributed by atoms with Gasteiger partial charge >= 0.3 is 5.97 Å². The number of benzene rings is 1. The van der Waals surface area contributed by atoms with E-state index < -0.39 is 11.5 Å². The molecule has 6 heteroatoms. The lowest BCUT2D eigenvalue weighted by Crippen LogP contribution is -2.49. The normalized spacial score (nSPS) is 14.2. The lowest BCUT2D eigenvalue weighted by atomic mass is 9.96. The minimum Gasteiger partial charge on any atom is -0.480 e. The largest absolute Gasteiger partial charge is 0.480 e. The molecular weight excluding hydrogens is 286 g/mol. The van der Waals surface area contributed by atoms with E-state index in [0.717, 1.165) is 28.4 Å². The number of aromatic amines is 1. The Morgan fingerprint density at radius 2 is 2.24 bits per heavy atom. The van der Waals surface area contributed by atoms with Crippen LogP contribution in [0.1, 0.15) is 26.7 Å². The fourth-order valence-corrected chi connectivity index (χ4v) is 3.08. The number of fused-ring (bicyclic) bond motifs is 1. The van der Waals surface area contributed by atoms with Crippen molar-refractivity contribution in [3.05, 3.63) is 24.3 Å². The van der Waals surface area contributed by atoms with Crippen LogP contribution < -0.4 is 5.32 Å². The highest BCUT2D eigenvalue weighted by atomic mass is 32.2. The Kier molecular flexibility index (Phi) is 5.25. The topological polar surface area (TPSA) is 78.0 Å². The second-order valence-electron chi connectivity index (χ2n) is 5.18. The monoisotopic (exact) mass is 307 g/mol. The third kappa shape index (κ3) is 3.98. The van der Waals surface area contributed by atoms with Gasteiger partial charge in [-0.15, -0.1) is 0 Å². The number of para-hydroxylation sites is 2. The van der Waals surface area contributed by atoms with Crippen molar-refractivity contribution in [3.8, 4) is 0 Å². The van der Waals surface area contributed by atoms with Gasteiger partial charge in [0.1, 0.15) is 5.54 Å². The van der Waals surface area contributed by atoms with E-state index in [9.17, 15) is 9.90 Å². The van der Waals surface area contributed by atoms with Gasteiger partial charge < -0.3 is 15.4 Å². The van der Waals surface area contributed by atoms with Gasteiger partial charge in [-0.25, -0.2) is 4.98 Å². The van der Waals surface area contributed by atoms with Crippen molar-refractivity contribution in [3.63, 3.8) is 0 Å². The molecule has 0 bridgehead atoms. The third-order valence-electron chi connectivity index (χ3n) is 3.47. The average Bonchev–Trinajstić information content (AvgIpc) is 2.86. The van der Waals surface area contributed by atoms with E-state index in [2.05, 4.69) is 15.3 Å². The van der Waals surface area contributed by atoms with Gasteiger partial charge in [-0.3, -0.25) is 4.79 Å². The van der Waals surface area contributed by atoms with Crippen LogP contribution in [0.25, 0.3) is 11.0 Å². The number of H-pyrrole nitrogens is 1. The molecule has 0 aliphatic rings. The van der Waals surface area contributed by atoms with Crippen molar-refractivity contribution >= 4 is 28.8 Å². The van der Waals surface area contributed by atoms with Crippen LogP contribution in [0.3, 0.4) is 0 Å². The first kappa shape index (κ1) is 15.9. The molecule has 1 aromatic heterocycles. The molecule has 5 nitrogen and oxygen atoms in total. The summed E-state index contributed by atoms with van der Waals surface area (Å²) in [7, 11) is 0. The smallest absolute Gasteiger partial charge is 0.323 e. The van der Waals surface area contributed by atoms with Gasteiger partial charge in [-0.2, -0.15) is 0 Å². The van der Waals surface area contributed by atoms with Gasteiger partial charge in [-0.1, -0.05) is 30.8 Å². The zero-order valence-electron chi connectivity index (χ0n) is 12.3. The number of likely N-dealkylation sites (N-methyl/N-ethyl adjacent to an activating group) is 1. The molecule has 1 atom stereocenters. The summed E-state index contributed by atoms with van der Waals surface area (Å²) in [5, 5.41) is 13.2.